The standard InChI is InChI=1S/C27H29FN2O3/c1-3-29-27(32)25(17-21-9-5-4-6-10-21)30(18-22-11-7-8-12-24(22)28)26(31)19-33-23-15-13-20(2)14-16-23/h4-16,25H,3,17-19H2,1-2H3,(H,29,32). The highest BCUT2D eigenvalue weighted by Gasteiger charge is 2.31. The lowest BCUT2D eigenvalue weighted by atomic mass is 10.0. The van der Waals surface area contributed by atoms with Crippen LogP contribution in [0.1, 0.15) is 23.6 Å². The molecule has 0 fully saturated rings. The summed E-state index contributed by atoms with van der Waals surface area (Å²) in [5, 5.41) is 2.81. The lowest BCUT2D eigenvalue weighted by Gasteiger charge is -2.31. The van der Waals surface area contributed by atoms with Gasteiger partial charge in [-0.25, -0.2) is 4.39 Å². The van der Waals surface area contributed by atoms with E-state index in [4.69, 9.17) is 4.74 Å². The van der Waals surface area contributed by atoms with Crippen LogP contribution in [0.15, 0.2) is 78.9 Å². The molecule has 0 aliphatic rings. The number of carbonyl (C=O) groups is 2. The minimum absolute atomic E-state index is 0.0442. The minimum Gasteiger partial charge on any atom is -0.484 e. The van der Waals surface area contributed by atoms with E-state index in [0.717, 1.165) is 11.1 Å². The number of hydrogen-bond donors (Lipinski definition) is 1. The summed E-state index contributed by atoms with van der Waals surface area (Å²) in [5.74, 6) is -0.561. The number of likely N-dealkylation sites (N-methyl/N-ethyl adjacent to an activating group) is 1. The molecule has 6 heteroatoms. The molecule has 3 rings (SSSR count). The van der Waals surface area contributed by atoms with Crippen LogP contribution in [0.3, 0.4) is 0 Å². The topological polar surface area (TPSA) is 58.6 Å². The van der Waals surface area contributed by atoms with Crippen LogP contribution in [-0.4, -0.2) is 35.9 Å². The first kappa shape index (κ1) is 24.0. The highest BCUT2D eigenvalue weighted by atomic mass is 19.1. The molecule has 0 saturated carbocycles. The molecule has 2 amide bonds. The Morgan fingerprint density at radius 3 is 2.30 bits per heavy atom. The van der Waals surface area contributed by atoms with Gasteiger partial charge in [0.15, 0.2) is 6.61 Å². The molecule has 0 bridgehead atoms. The molecule has 0 aromatic heterocycles. The fourth-order valence-corrected chi connectivity index (χ4v) is 3.52. The summed E-state index contributed by atoms with van der Waals surface area (Å²) in [6, 6.07) is 22.3. The number of carbonyl (C=O) groups excluding carboxylic acids is 2. The van der Waals surface area contributed by atoms with Crippen molar-refractivity contribution in [1.29, 1.82) is 0 Å². The highest BCUT2D eigenvalue weighted by molar-refractivity contribution is 5.88. The maximum atomic E-state index is 14.5. The Kier molecular flexibility index (Phi) is 8.58. The van der Waals surface area contributed by atoms with Crippen LogP contribution in [-0.2, 0) is 22.6 Å². The Morgan fingerprint density at radius 1 is 0.970 bits per heavy atom. The van der Waals surface area contributed by atoms with Crippen LogP contribution in [0.25, 0.3) is 0 Å². The summed E-state index contributed by atoms with van der Waals surface area (Å²) in [5.41, 5.74) is 2.32. The van der Waals surface area contributed by atoms with E-state index in [-0.39, 0.29) is 19.1 Å². The second-order valence-corrected chi connectivity index (χ2v) is 7.81. The summed E-state index contributed by atoms with van der Waals surface area (Å²) in [7, 11) is 0. The van der Waals surface area contributed by atoms with Crippen LogP contribution in [0, 0.1) is 12.7 Å². The van der Waals surface area contributed by atoms with E-state index in [2.05, 4.69) is 5.32 Å². The fraction of sp³-hybridized carbons (Fsp3) is 0.259. The first-order valence-corrected chi connectivity index (χ1v) is 11.0. The van der Waals surface area contributed by atoms with E-state index < -0.39 is 17.8 Å². The maximum absolute atomic E-state index is 14.5. The van der Waals surface area contributed by atoms with Crippen molar-refractivity contribution in [3.8, 4) is 5.75 Å². The fourth-order valence-electron chi connectivity index (χ4n) is 3.52. The van der Waals surface area contributed by atoms with Crippen molar-refractivity contribution < 1.29 is 18.7 Å². The van der Waals surface area contributed by atoms with Gasteiger partial charge in [0.2, 0.25) is 5.91 Å². The number of nitrogens with zero attached hydrogens (tertiary/aromatic N) is 1. The van der Waals surface area contributed by atoms with Crippen molar-refractivity contribution in [2.45, 2.75) is 32.9 Å². The molecule has 0 aliphatic heterocycles. The Bertz CT molecular complexity index is 1050. The molecule has 0 saturated heterocycles. The van der Waals surface area contributed by atoms with E-state index in [1.807, 2.05) is 56.3 Å². The Morgan fingerprint density at radius 2 is 1.64 bits per heavy atom. The second kappa shape index (κ2) is 11.8. The van der Waals surface area contributed by atoms with Crippen molar-refractivity contribution >= 4 is 11.8 Å². The smallest absolute Gasteiger partial charge is 0.261 e. The number of halogens is 1. The molecule has 1 atom stereocenters. The molecular weight excluding hydrogens is 419 g/mol. The zero-order chi connectivity index (χ0) is 23.6. The zero-order valence-electron chi connectivity index (χ0n) is 19.0. The van der Waals surface area contributed by atoms with Crippen molar-refractivity contribution in [2.75, 3.05) is 13.2 Å². The summed E-state index contributed by atoms with van der Waals surface area (Å²) < 4.78 is 20.2. The molecule has 0 aliphatic carbocycles. The molecule has 0 radical (unpaired) electrons. The van der Waals surface area contributed by atoms with Crippen LogP contribution in [0.2, 0.25) is 0 Å². The van der Waals surface area contributed by atoms with Crippen molar-refractivity contribution in [2.24, 2.45) is 0 Å². The number of nitrogens with one attached hydrogen (secondary N) is 1. The molecule has 3 aromatic rings. The SMILES string of the molecule is CCNC(=O)C(Cc1ccccc1)N(Cc1ccccc1F)C(=O)COc1ccc(C)cc1. The summed E-state index contributed by atoms with van der Waals surface area (Å²) in [6.07, 6.45) is 0.303. The number of amides is 2. The second-order valence-electron chi connectivity index (χ2n) is 7.81. The van der Waals surface area contributed by atoms with E-state index in [1.165, 1.54) is 11.0 Å². The largest absolute Gasteiger partial charge is 0.484 e. The summed E-state index contributed by atoms with van der Waals surface area (Å²) in [4.78, 5) is 27.8. The van der Waals surface area contributed by atoms with Crippen LogP contribution in [0.4, 0.5) is 4.39 Å². The lowest BCUT2D eigenvalue weighted by Crippen LogP contribution is -2.51. The molecule has 172 valence electrons. The van der Waals surface area contributed by atoms with Gasteiger partial charge in [0.25, 0.3) is 5.91 Å². The van der Waals surface area contributed by atoms with E-state index in [9.17, 15) is 14.0 Å². The average molecular weight is 449 g/mol. The predicted molar refractivity (Wildman–Crippen MR) is 126 cm³/mol. The Hall–Kier alpha value is -3.67. The number of aryl methyl sites for hydroxylation is 1. The van der Waals surface area contributed by atoms with Crippen molar-refractivity contribution in [3.05, 3.63) is 101 Å². The molecule has 1 unspecified atom stereocenters. The third-order valence-corrected chi connectivity index (χ3v) is 5.30. The van der Waals surface area contributed by atoms with Gasteiger partial charge in [-0.15, -0.1) is 0 Å². The maximum Gasteiger partial charge on any atom is 0.261 e. The first-order valence-electron chi connectivity index (χ1n) is 11.0. The van der Waals surface area contributed by atoms with Gasteiger partial charge in [-0.1, -0.05) is 66.2 Å². The lowest BCUT2D eigenvalue weighted by molar-refractivity contribution is -0.142. The molecule has 33 heavy (non-hydrogen) atoms. The minimum atomic E-state index is -0.818. The van der Waals surface area contributed by atoms with E-state index >= 15 is 0 Å². The van der Waals surface area contributed by atoms with Crippen LogP contribution < -0.4 is 10.1 Å². The zero-order valence-corrected chi connectivity index (χ0v) is 19.0. The van der Waals surface area contributed by atoms with Gasteiger partial charge in [0.1, 0.15) is 17.6 Å². The normalized spacial score (nSPS) is 11.5. The van der Waals surface area contributed by atoms with Crippen LogP contribution >= 0.6 is 0 Å². The molecule has 0 spiro atoms. The molecule has 3 aromatic carbocycles. The Balaban J connectivity index is 1.89. The predicted octanol–water partition coefficient (Wildman–Crippen LogP) is 4.29. The van der Waals surface area contributed by atoms with Gasteiger partial charge < -0.3 is 15.0 Å². The van der Waals surface area contributed by atoms with E-state index in [1.54, 1.807) is 30.3 Å². The third kappa shape index (κ3) is 6.91. The number of hydrogen-bond acceptors (Lipinski definition) is 3. The summed E-state index contributed by atoms with van der Waals surface area (Å²) in [6.45, 7) is 3.90. The Labute approximate surface area is 194 Å². The van der Waals surface area contributed by atoms with Gasteiger partial charge in [-0.3, -0.25) is 9.59 Å². The number of ether oxygens (including phenoxy) is 1. The van der Waals surface area contributed by atoms with Crippen molar-refractivity contribution in [3.63, 3.8) is 0 Å². The third-order valence-electron chi connectivity index (χ3n) is 5.30. The monoisotopic (exact) mass is 448 g/mol. The van der Waals surface area contributed by atoms with Gasteiger partial charge in [-0.2, -0.15) is 0 Å². The average Bonchev–Trinajstić information content (AvgIpc) is 2.82. The molecular formula is C27H29FN2O3. The molecule has 1 N–H and O–H groups in total. The molecule has 5 nitrogen and oxygen atoms in total. The molecule has 0 heterocycles. The summed E-state index contributed by atoms with van der Waals surface area (Å²) >= 11 is 0. The van der Waals surface area contributed by atoms with Gasteiger partial charge in [-0.05, 0) is 37.6 Å². The van der Waals surface area contributed by atoms with E-state index in [0.29, 0.717) is 24.3 Å². The quantitative estimate of drug-likeness (QED) is 0.503. The number of benzene rings is 3. The number of rotatable bonds is 10. The van der Waals surface area contributed by atoms with Crippen LogP contribution in [0.5, 0.6) is 5.75 Å². The highest BCUT2D eigenvalue weighted by Crippen LogP contribution is 2.18. The van der Waals surface area contributed by atoms with Gasteiger partial charge >= 0.3 is 0 Å². The van der Waals surface area contributed by atoms with Gasteiger partial charge in [0.05, 0.1) is 0 Å². The van der Waals surface area contributed by atoms with Crippen molar-refractivity contribution in [1.82, 2.24) is 10.2 Å². The first-order chi connectivity index (χ1) is 16.0. The van der Waals surface area contributed by atoms with Gasteiger partial charge in [0, 0.05) is 25.1 Å².